The lowest BCUT2D eigenvalue weighted by atomic mass is 9.96. The molecule has 2 aromatic heterocycles. The Morgan fingerprint density at radius 1 is 0.271 bits per heavy atom. The lowest BCUT2D eigenvalue weighted by molar-refractivity contribution is 1.13. The quantitative estimate of drug-likeness (QED) is 0.144. The van der Waals surface area contributed by atoms with E-state index in [0.29, 0.717) is 0 Å². The molecule has 0 aliphatic carbocycles. The first-order valence-electron chi connectivity index (χ1n) is 24.1. The summed E-state index contributed by atoms with van der Waals surface area (Å²) in [4.78, 5) is 4.78. The highest BCUT2D eigenvalue weighted by molar-refractivity contribution is 6.13. The summed E-state index contributed by atoms with van der Waals surface area (Å²) in [5.74, 6) is 0. The molecule has 0 unspecified atom stereocenters. The molecule has 0 saturated heterocycles. The zero-order valence-corrected chi connectivity index (χ0v) is 39.0. The molecule has 332 valence electrons. The highest BCUT2D eigenvalue weighted by Gasteiger charge is 2.22. The molecule has 0 saturated carbocycles. The summed E-state index contributed by atoms with van der Waals surface area (Å²) in [6, 6.07) is 93.0. The Balaban J connectivity index is 0.953. The highest BCUT2D eigenvalue weighted by Crippen LogP contribution is 2.45. The average molecular weight is 897 g/mol. The van der Waals surface area contributed by atoms with Crippen molar-refractivity contribution in [3.8, 4) is 22.5 Å². The standard InChI is InChI=1S/C66H48N4/c1-45-28-32-49(33-29-45)67(50-34-30-46(2)31-35-50)53-36-39-65-60(43-53)58-24-11-13-26-62(58)69(65)51-20-15-21-52(42-51)70-63-27-14-12-25-59(63)61-44-54(37-40-66(61)70)68(48-18-7-4-8-19-48)64-41-38-55(47-16-5-3-6-17-47)56-22-9-10-23-57(56)64/h3-44H,1-2H3. The van der Waals surface area contributed by atoms with Gasteiger partial charge in [0, 0.05) is 66.7 Å². The van der Waals surface area contributed by atoms with Crippen LogP contribution in [0.3, 0.4) is 0 Å². The third-order valence-electron chi connectivity index (χ3n) is 14.0. The average Bonchev–Trinajstić information content (AvgIpc) is 3.93. The van der Waals surface area contributed by atoms with E-state index in [4.69, 9.17) is 0 Å². The Morgan fingerprint density at radius 3 is 1.26 bits per heavy atom. The van der Waals surface area contributed by atoms with Crippen LogP contribution in [0.1, 0.15) is 11.1 Å². The lowest BCUT2D eigenvalue weighted by Crippen LogP contribution is -2.10. The van der Waals surface area contributed by atoms with Gasteiger partial charge in [0.15, 0.2) is 0 Å². The Morgan fingerprint density at radius 2 is 0.700 bits per heavy atom. The number of hydrogen-bond acceptors (Lipinski definition) is 2. The van der Waals surface area contributed by atoms with Crippen LogP contribution in [0.5, 0.6) is 0 Å². The number of fused-ring (bicyclic) bond motifs is 7. The summed E-state index contributed by atoms with van der Waals surface area (Å²) >= 11 is 0. The second-order valence-electron chi connectivity index (χ2n) is 18.3. The minimum Gasteiger partial charge on any atom is -0.310 e. The Labute approximate surface area is 407 Å². The van der Waals surface area contributed by atoms with Crippen LogP contribution in [0.15, 0.2) is 255 Å². The van der Waals surface area contributed by atoms with Crippen LogP contribution in [-0.2, 0) is 0 Å². The molecule has 0 atom stereocenters. The normalized spacial score (nSPS) is 11.6. The molecule has 0 aliphatic rings. The Kier molecular flexibility index (Phi) is 9.91. The van der Waals surface area contributed by atoms with E-state index in [-0.39, 0.29) is 0 Å². The molecule has 13 rings (SSSR count). The van der Waals surface area contributed by atoms with Gasteiger partial charge in [0.25, 0.3) is 0 Å². The van der Waals surface area contributed by atoms with Gasteiger partial charge >= 0.3 is 0 Å². The number of nitrogens with zero attached hydrogens (tertiary/aromatic N) is 4. The van der Waals surface area contributed by atoms with Gasteiger partial charge in [-0.3, -0.25) is 0 Å². The van der Waals surface area contributed by atoms with Crippen molar-refractivity contribution < 1.29 is 0 Å². The molecule has 4 heteroatoms. The van der Waals surface area contributed by atoms with E-state index < -0.39 is 0 Å². The molecule has 2 heterocycles. The minimum atomic E-state index is 1.10. The van der Waals surface area contributed by atoms with Crippen molar-refractivity contribution in [2.24, 2.45) is 0 Å². The molecule has 0 fully saturated rings. The summed E-state index contributed by atoms with van der Waals surface area (Å²) in [5.41, 5.74) is 18.5. The number of anilines is 6. The third kappa shape index (κ3) is 6.92. The van der Waals surface area contributed by atoms with Gasteiger partial charge in [-0.15, -0.1) is 0 Å². The van der Waals surface area contributed by atoms with Crippen LogP contribution in [0.25, 0.3) is 76.9 Å². The second-order valence-corrected chi connectivity index (χ2v) is 18.3. The van der Waals surface area contributed by atoms with Crippen LogP contribution in [0.2, 0.25) is 0 Å². The number of hydrogen-bond donors (Lipinski definition) is 0. The number of para-hydroxylation sites is 3. The van der Waals surface area contributed by atoms with Crippen molar-refractivity contribution >= 4 is 88.5 Å². The van der Waals surface area contributed by atoms with Crippen molar-refractivity contribution in [3.05, 3.63) is 266 Å². The van der Waals surface area contributed by atoms with Gasteiger partial charge in [0.1, 0.15) is 0 Å². The molecule has 0 aliphatic heterocycles. The van der Waals surface area contributed by atoms with Crippen molar-refractivity contribution in [2.45, 2.75) is 13.8 Å². The van der Waals surface area contributed by atoms with Crippen molar-refractivity contribution in [3.63, 3.8) is 0 Å². The fraction of sp³-hybridized carbons (Fsp3) is 0.0303. The maximum absolute atomic E-state index is 2.43. The Hall–Kier alpha value is -9.12. The van der Waals surface area contributed by atoms with Crippen molar-refractivity contribution in [2.75, 3.05) is 9.80 Å². The van der Waals surface area contributed by atoms with Crippen LogP contribution < -0.4 is 9.80 Å². The SMILES string of the molecule is Cc1ccc(N(c2ccc(C)cc2)c2ccc3c(c2)c2ccccc2n3-c2cccc(-n3c4ccccc4c4cc(N(c5ccccc5)c5ccc(-c6ccccc6)c6ccccc56)ccc43)c2)cc1. The van der Waals surface area contributed by atoms with Gasteiger partial charge < -0.3 is 18.9 Å². The number of aromatic nitrogens is 2. The maximum Gasteiger partial charge on any atom is 0.0542 e. The topological polar surface area (TPSA) is 16.3 Å². The zero-order chi connectivity index (χ0) is 46.7. The first-order valence-corrected chi connectivity index (χ1v) is 24.1. The van der Waals surface area contributed by atoms with Crippen LogP contribution in [0.4, 0.5) is 34.1 Å². The smallest absolute Gasteiger partial charge is 0.0542 e. The van der Waals surface area contributed by atoms with E-state index >= 15 is 0 Å². The summed E-state index contributed by atoms with van der Waals surface area (Å²) in [7, 11) is 0. The van der Waals surface area contributed by atoms with Crippen LogP contribution in [-0.4, -0.2) is 9.13 Å². The van der Waals surface area contributed by atoms with Gasteiger partial charge in [0.05, 0.1) is 27.8 Å². The monoisotopic (exact) mass is 896 g/mol. The van der Waals surface area contributed by atoms with Gasteiger partial charge in [-0.1, -0.05) is 157 Å². The first kappa shape index (κ1) is 41.1. The van der Waals surface area contributed by atoms with Gasteiger partial charge in [-0.2, -0.15) is 0 Å². The van der Waals surface area contributed by atoms with E-state index in [1.165, 1.54) is 60.1 Å². The van der Waals surface area contributed by atoms with E-state index in [9.17, 15) is 0 Å². The fourth-order valence-electron chi connectivity index (χ4n) is 10.7. The maximum atomic E-state index is 2.43. The third-order valence-corrected chi connectivity index (χ3v) is 14.0. The van der Waals surface area contributed by atoms with E-state index in [1.54, 1.807) is 0 Å². The van der Waals surface area contributed by atoms with Gasteiger partial charge in [-0.05, 0) is 140 Å². The number of rotatable bonds is 9. The number of benzene rings is 11. The molecule has 0 N–H and O–H groups in total. The van der Waals surface area contributed by atoms with E-state index in [2.05, 4.69) is 288 Å². The zero-order valence-electron chi connectivity index (χ0n) is 39.0. The largest absolute Gasteiger partial charge is 0.310 e. The predicted molar refractivity (Wildman–Crippen MR) is 297 cm³/mol. The van der Waals surface area contributed by atoms with Crippen LogP contribution in [0, 0.1) is 13.8 Å². The molecule has 0 radical (unpaired) electrons. The first-order chi connectivity index (χ1) is 34.6. The summed E-state index contributed by atoms with van der Waals surface area (Å²) in [6.07, 6.45) is 0. The van der Waals surface area contributed by atoms with Crippen molar-refractivity contribution in [1.29, 1.82) is 0 Å². The molecule has 0 bridgehead atoms. The fourth-order valence-corrected chi connectivity index (χ4v) is 10.7. The lowest BCUT2D eigenvalue weighted by Gasteiger charge is -2.27. The van der Waals surface area contributed by atoms with E-state index in [1.807, 2.05) is 0 Å². The summed E-state index contributed by atoms with van der Waals surface area (Å²) < 4.78 is 4.86. The van der Waals surface area contributed by atoms with Crippen molar-refractivity contribution in [1.82, 2.24) is 9.13 Å². The van der Waals surface area contributed by atoms with E-state index in [0.717, 1.165) is 62.0 Å². The Bertz CT molecular complexity index is 4030. The minimum absolute atomic E-state index is 1.10. The molecular formula is C66H48N4. The molecule has 11 aromatic carbocycles. The predicted octanol–water partition coefficient (Wildman–Crippen LogP) is 18.3. The molecule has 13 aromatic rings. The number of aryl methyl sites for hydroxylation is 2. The molecule has 4 nitrogen and oxygen atoms in total. The molecule has 0 amide bonds. The molecular weight excluding hydrogens is 849 g/mol. The molecule has 70 heavy (non-hydrogen) atoms. The summed E-state index contributed by atoms with van der Waals surface area (Å²) in [5, 5.41) is 7.24. The highest BCUT2D eigenvalue weighted by atomic mass is 15.2. The molecule has 0 spiro atoms. The summed E-state index contributed by atoms with van der Waals surface area (Å²) in [6.45, 7) is 4.28. The van der Waals surface area contributed by atoms with Crippen LogP contribution >= 0.6 is 0 Å². The van der Waals surface area contributed by atoms with Gasteiger partial charge in [-0.25, -0.2) is 0 Å². The second kappa shape index (κ2) is 16.9. The van der Waals surface area contributed by atoms with Gasteiger partial charge in [0.2, 0.25) is 0 Å².